The third-order valence-corrected chi connectivity index (χ3v) is 2.31. The van der Waals surface area contributed by atoms with Crippen molar-refractivity contribution < 1.29 is 9.59 Å². The van der Waals surface area contributed by atoms with Crippen molar-refractivity contribution in [2.24, 2.45) is 5.73 Å². The van der Waals surface area contributed by atoms with E-state index < -0.39 is 11.9 Å². The Morgan fingerprint density at radius 2 is 2.00 bits per heavy atom. The Kier molecular flexibility index (Phi) is 3.88. The molecule has 1 rings (SSSR count). The number of nitrogens with two attached hydrogens (primary N) is 1. The van der Waals surface area contributed by atoms with Crippen LogP contribution in [-0.4, -0.2) is 18.5 Å². The molecule has 16 heavy (non-hydrogen) atoms. The number of rotatable bonds is 3. The van der Waals surface area contributed by atoms with Crippen LogP contribution < -0.4 is 16.4 Å². The molecule has 1 aromatic carbocycles. The molecule has 3 amide bonds. The molecule has 0 fully saturated rings. The molecule has 1 aromatic rings. The van der Waals surface area contributed by atoms with Crippen LogP contribution in [0.1, 0.15) is 11.1 Å². The highest BCUT2D eigenvalue weighted by Crippen LogP contribution is 2.17. The maximum atomic E-state index is 11.1. The number of amides is 3. The number of aryl methyl sites for hydroxylation is 1. The van der Waals surface area contributed by atoms with Crippen LogP contribution in [0.15, 0.2) is 18.2 Å². The zero-order chi connectivity index (χ0) is 12.1. The Hall–Kier alpha value is -2.04. The smallest absolute Gasteiger partial charge is 0.318 e. The number of imide groups is 1. The maximum absolute atomic E-state index is 11.1. The van der Waals surface area contributed by atoms with Gasteiger partial charge in [-0.3, -0.25) is 10.1 Å². The summed E-state index contributed by atoms with van der Waals surface area (Å²) in [6.07, 6.45) is 0. The van der Waals surface area contributed by atoms with Gasteiger partial charge >= 0.3 is 6.03 Å². The van der Waals surface area contributed by atoms with Gasteiger partial charge in [0, 0.05) is 5.69 Å². The van der Waals surface area contributed by atoms with Gasteiger partial charge in [-0.05, 0) is 31.0 Å². The summed E-state index contributed by atoms with van der Waals surface area (Å²) >= 11 is 0. The van der Waals surface area contributed by atoms with Gasteiger partial charge in [-0.1, -0.05) is 12.1 Å². The van der Waals surface area contributed by atoms with E-state index in [1.54, 1.807) is 0 Å². The van der Waals surface area contributed by atoms with E-state index in [1.165, 1.54) is 0 Å². The Bertz CT molecular complexity index is 416. The molecule has 0 unspecified atom stereocenters. The second-order valence-electron chi connectivity index (χ2n) is 3.51. The first-order valence-electron chi connectivity index (χ1n) is 4.90. The molecule has 0 aromatic heterocycles. The predicted molar refractivity (Wildman–Crippen MR) is 62.1 cm³/mol. The van der Waals surface area contributed by atoms with Gasteiger partial charge in [0.1, 0.15) is 0 Å². The predicted octanol–water partition coefficient (Wildman–Crippen LogP) is 0.910. The Balaban J connectivity index is 2.58. The fourth-order valence-corrected chi connectivity index (χ4v) is 1.30. The second-order valence-corrected chi connectivity index (χ2v) is 3.51. The Morgan fingerprint density at radius 3 is 2.62 bits per heavy atom. The lowest BCUT2D eigenvalue weighted by Crippen LogP contribution is -2.38. The van der Waals surface area contributed by atoms with Gasteiger partial charge in [-0.15, -0.1) is 0 Å². The van der Waals surface area contributed by atoms with Crippen LogP contribution in [0.5, 0.6) is 0 Å². The minimum absolute atomic E-state index is 0.0211. The minimum atomic E-state index is -0.840. The normalized spacial score (nSPS) is 9.62. The number of hydrogen-bond donors (Lipinski definition) is 3. The molecule has 0 aliphatic rings. The number of carbonyl (C=O) groups excluding carboxylic acids is 2. The van der Waals surface area contributed by atoms with E-state index >= 15 is 0 Å². The maximum Gasteiger partial charge on any atom is 0.318 e. The lowest BCUT2D eigenvalue weighted by Gasteiger charge is -2.10. The van der Waals surface area contributed by atoms with Crippen LogP contribution in [0.3, 0.4) is 0 Å². The molecule has 5 nitrogen and oxygen atoms in total. The van der Waals surface area contributed by atoms with E-state index in [0.29, 0.717) is 0 Å². The molecule has 0 aliphatic heterocycles. The summed E-state index contributed by atoms with van der Waals surface area (Å²) < 4.78 is 0. The summed E-state index contributed by atoms with van der Waals surface area (Å²) in [4.78, 5) is 21.6. The summed E-state index contributed by atoms with van der Waals surface area (Å²) in [7, 11) is 0. The lowest BCUT2D eigenvalue weighted by molar-refractivity contribution is -0.118. The summed E-state index contributed by atoms with van der Waals surface area (Å²) in [5.41, 5.74) is 7.91. The molecule has 0 heterocycles. The van der Waals surface area contributed by atoms with E-state index in [4.69, 9.17) is 5.73 Å². The second kappa shape index (κ2) is 5.16. The van der Waals surface area contributed by atoms with Gasteiger partial charge in [0.2, 0.25) is 5.91 Å². The van der Waals surface area contributed by atoms with Crippen molar-refractivity contribution >= 4 is 17.6 Å². The third kappa shape index (κ3) is 3.27. The summed E-state index contributed by atoms with van der Waals surface area (Å²) in [6.45, 7) is 3.97. The zero-order valence-corrected chi connectivity index (χ0v) is 9.33. The van der Waals surface area contributed by atoms with E-state index in [2.05, 4.69) is 5.32 Å². The number of urea groups is 1. The first-order chi connectivity index (χ1) is 7.50. The number of anilines is 1. The van der Waals surface area contributed by atoms with Crippen LogP contribution in [0, 0.1) is 13.8 Å². The van der Waals surface area contributed by atoms with Crippen molar-refractivity contribution in [2.75, 3.05) is 11.9 Å². The molecule has 0 radical (unpaired) electrons. The number of primary amides is 1. The van der Waals surface area contributed by atoms with Crippen LogP contribution in [0.4, 0.5) is 10.5 Å². The average Bonchev–Trinajstić information content (AvgIpc) is 2.19. The molecular weight excluding hydrogens is 206 g/mol. The fraction of sp³-hybridized carbons (Fsp3) is 0.273. The molecule has 5 heteroatoms. The van der Waals surface area contributed by atoms with Gasteiger partial charge in [0.15, 0.2) is 0 Å². The van der Waals surface area contributed by atoms with Crippen molar-refractivity contribution in [1.82, 2.24) is 5.32 Å². The van der Waals surface area contributed by atoms with Crippen molar-refractivity contribution in [3.05, 3.63) is 29.3 Å². The summed E-state index contributed by atoms with van der Waals surface area (Å²) in [5.74, 6) is -0.451. The molecule has 0 saturated carbocycles. The van der Waals surface area contributed by atoms with E-state index in [1.807, 2.05) is 37.4 Å². The van der Waals surface area contributed by atoms with Gasteiger partial charge in [0.05, 0.1) is 6.54 Å². The van der Waals surface area contributed by atoms with Crippen LogP contribution in [0.2, 0.25) is 0 Å². The fourth-order valence-electron chi connectivity index (χ4n) is 1.30. The summed E-state index contributed by atoms with van der Waals surface area (Å²) in [5, 5.41) is 4.92. The highest BCUT2D eigenvalue weighted by atomic mass is 16.2. The standard InChI is InChI=1S/C11H15N3O2/c1-7-4-3-5-9(8(7)2)13-6-10(15)14-11(12)16/h3-5,13H,6H2,1-2H3,(H3,12,14,15,16). The van der Waals surface area contributed by atoms with Gasteiger partial charge in [-0.2, -0.15) is 0 Å². The summed E-state index contributed by atoms with van der Waals surface area (Å²) in [6, 6.07) is 4.92. The zero-order valence-electron chi connectivity index (χ0n) is 9.33. The van der Waals surface area contributed by atoms with Crippen LogP contribution in [-0.2, 0) is 4.79 Å². The molecule has 86 valence electrons. The molecule has 0 aliphatic carbocycles. The SMILES string of the molecule is Cc1cccc(NCC(=O)NC(N)=O)c1C. The molecular formula is C11H15N3O2. The topological polar surface area (TPSA) is 84.2 Å². The highest BCUT2D eigenvalue weighted by molar-refractivity contribution is 5.95. The third-order valence-electron chi connectivity index (χ3n) is 2.31. The largest absolute Gasteiger partial charge is 0.376 e. The van der Waals surface area contributed by atoms with Gasteiger partial charge in [-0.25, -0.2) is 4.79 Å². The van der Waals surface area contributed by atoms with Gasteiger partial charge in [0.25, 0.3) is 0 Å². The van der Waals surface area contributed by atoms with E-state index in [9.17, 15) is 9.59 Å². The molecule has 0 spiro atoms. The van der Waals surface area contributed by atoms with Gasteiger partial charge < -0.3 is 11.1 Å². The number of benzene rings is 1. The molecule has 4 N–H and O–H groups in total. The molecule has 0 saturated heterocycles. The molecule has 0 bridgehead atoms. The van der Waals surface area contributed by atoms with Crippen molar-refractivity contribution in [1.29, 1.82) is 0 Å². The lowest BCUT2D eigenvalue weighted by atomic mass is 10.1. The Labute approximate surface area is 94.0 Å². The van der Waals surface area contributed by atoms with Crippen molar-refractivity contribution in [2.45, 2.75) is 13.8 Å². The van der Waals surface area contributed by atoms with Crippen LogP contribution in [0.25, 0.3) is 0 Å². The van der Waals surface area contributed by atoms with Crippen molar-refractivity contribution in [3.8, 4) is 0 Å². The number of nitrogens with one attached hydrogen (secondary N) is 2. The first-order valence-corrected chi connectivity index (χ1v) is 4.90. The molecule has 0 atom stereocenters. The monoisotopic (exact) mass is 221 g/mol. The van der Waals surface area contributed by atoms with E-state index in [-0.39, 0.29) is 6.54 Å². The number of hydrogen-bond acceptors (Lipinski definition) is 3. The van der Waals surface area contributed by atoms with Crippen LogP contribution >= 0.6 is 0 Å². The van der Waals surface area contributed by atoms with E-state index in [0.717, 1.165) is 16.8 Å². The Morgan fingerprint density at radius 1 is 1.31 bits per heavy atom. The highest BCUT2D eigenvalue weighted by Gasteiger charge is 2.05. The minimum Gasteiger partial charge on any atom is -0.376 e. The quantitative estimate of drug-likeness (QED) is 0.709. The first kappa shape index (κ1) is 12.0. The average molecular weight is 221 g/mol. The number of carbonyl (C=O) groups is 2. The van der Waals surface area contributed by atoms with Crippen molar-refractivity contribution in [3.63, 3.8) is 0 Å².